The largest absolute Gasteiger partial charge is 0.341 e. The molecular weight excluding hydrogens is 268 g/mol. The summed E-state index contributed by atoms with van der Waals surface area (Å²) >= 11 is 0. The highest BCUT2D eigenvalue weighted by Crippen LogP contribution is 2.16. The summed E-state index contributed by atoms with van der Waals surface area (Å²) in [5.74, 6) is 0.696. The lowest BCUT2D eigenvalue weighted by atomic mass is 10.1. The van der Waals surface area contributed by atoms with Gasteiger partial charge in [-0.05, 0) is 19.4 Å². The molecule has 108 valence electrons. The van der Waals surface area contributed by atoms with E-state index in [1.807, 2.05) is 36.7 Å². The summed E-state index contributed by atoms with van der Waals surface area (Å²) in [5.41, 5.74) is 1.64. The zero-order valence-corrected chi connectivity index (χ0v) is 11.9. The molecule has 0 aliphatic rings. The number of imidazole rings is 2. The molecule has 0 radical (unpaired) electrons. The van der Waals surface area contributed by atoms with Gasteiger partial charge in [0.15, 0.2) is 5.82 Å². The number of nitrogens with zero attached hydrogens (tertiary/aromatic N) is 4. The Labute approximate surface area is 121 Å². The number of aromatic nitrogens is 5. The van der Waals surface area contributed by atoms with Crippen molar-refractivity contribution in [2.24, 2.45) is 0 Å². The average molecular weight is 284 g/mol. The Morgan fingerprint density at radius 1 is 1.48 bits per heavy atom. The van der Waals surface area contributed by atoms with Crippen molar-refractivity contribution < 1.29 is 4.79 Å². The maximum Gasteiger partial charge on any atom is 0.287 e. The number of aromatic amines is 1. The minimum absolute atomic E-state index is 0.176. The van der Waals surface area contributed by atoms with Gasteiger partial charge in [0.05, 0.1) is 11.7 Å². The monoisotopic (exact) mass is 284 g/mol. The van der Waals surface area contributed by atoms with Crippen molar-refractivity contribution in [1.29, 1.82) is 0 Å². The minimum atomic E-state index is -0.236. The smallest absolute Gasteiger partial charge is 0.287 e. The average Bonchev–Trinajstić information content (AvgIpc) is 3.10. The number of H-pyrrole nitrogens is 1. The van der Waals surface area contributed by atoms with Crippen LogP contribution in [0.4, 0.5) is 0 Å². The van der Waals surface area contributed by atoms with Gasteiger partial charge in [-0.25, -0.2) is 15.0 Å². The summed E-state index contributed by atoms with van der Waals surface area (Å²) in [7, 11) is 0. The molecule has 3 aromatic rings. The summed E-state index contributed by atoms with van der Waals surface area (Å²) in [4.78, 5) is 27.7. The fraction of sp³-hybridized carbons (Fsp3) is 0.286. The summed E-state index contributed by atoms with van der Waals surface area (Å²) in [6, 6.07) is 1.66. The molecule has 2 N–H and O–H groups in total. The van der Waals surface area contributed by atoms with E-state index in [9.17, 15) is 4.79 Å². The van der Waals surface area contributed by atoms with Crippen LogP contribution >= 0.6 is 0 Å². The van der Waals surface area contributed by atoms with Gasteiger partial charge >= 0.3 is 0 Å². The second-order valence-corrected chi connectivity index (χ2v) is 4.84. The van der Waals surface area contributed by atoms with Gasteiger partial charge < -0.3 is 10.3 Å². The highest BCUT2D eigenvalue weighted by Gasteiger charge is 2.18. The van der Waals surface area contributed by atoms with E-state index < -0.39 is 0 Å². The number of aryl methyl sites for hydroxylation is 1. The molecule has 0 saturated heterocycles. The predicted molar refractivity (Wildman–Crippen MR) is 76.8 cm³/mol. The van der Waals surface area contributed by atoms with Crippen LogP contribution < -0.4 is 5.32 Å². The first-order valence-electron chi connectivity index (χ1n) is 6.79. The molecule has 3 aromatic heterocycles. The van der Waals surface area contributed by atoms with Gasteiger partial charge in [0, 0.05) is 30.5 Å². The molecule has 0 aliphatic carbocycles. The number of amides is 1. The number of nitrogens with one attached hydrogen (secondary N) is 2. The molecule has 3 heterocycles. The summed E-state index contributed by atoms with van der Waals surface area (Å²) in [5, 5.41) is 2.94. The number of carbonyl (C=O) groups is 1. The first-order valence-corrected chi connectivity index (χ1v) is 6.79. The van der Waals surface area contributed by atoms with E-state index in [0.717, 1.165) is 17.8 Å². The molecule has 7 heteroatoms. The van der Waals surface area contributed by atoms with Crippen LogP contribution in [0.25, 0.3) is 5.78 Å². The Bertz CT molecular complexity index is 741. The third kappa shape index (κ3) is 2.62. The Morgan fingerprint density at radius 3 is 3.00 bits per heavy atom. The molecule has 0 aromatic carbocycles. The fourth-order valence-corrected chi connectivity index (χ4v) is 2.16. The first kappa shape index (κ1) is 13.3. The fourth-order valence-electron chi connectivity index (χ4n) is 2.16. The van der Waals surface area contributed by atoms with Crippen molar-refractivity contribution in [3.8, 4) is 0 Å². The Hall–Kier alpha value is -2.70. The molecular formula is C14H16N6O. The Kier molecular flexibility index (Phi) is 3.39. The molecule has 7 nitrogen and oxygen atoms in total. The van der Waals surface area contributed by atoms with Crippen molar-refractivity contribution in [2.75, 3.05) is 0 Å². The van der Waals surface area contributed by atoms with Gasteiger partial charge in [-0.2, -0.15) is 0 Å². The van der Waals surface area contributed by atoms with Crippen LogP contribution in [0.5, 0.6) is 0 Å². The second-order valence-electron chi connectivity index (χ2n) is 4.84. The molecule has 1 amide bonds. The SMILES string of the molecule is CC[C@H](NC(=O)c1ncc(C)[nH]1)c1cn2cccnc2n1. The molecule has 0 spiro atoms. The van der Waals surface area contributed by atoms with Crippen molar-refractivity contribution in [2.45, 2.75) is 26.3 Å². The van der Waals surface area contributed by atoms with Crippen LogP contribution in [-0.4, -0.2) is 30.2 Å². The third-order valence-electron chi connectivity index (χ3n) is 3.24. The van der Waals surface area contributed by atoms with Crippen LogP contribution in [0.3, 0.4) is 0 Å². The van der Waals surface area contributed by atoms with E-state index in [2.05, 4.69) is 25.3 Å². The van der Waals surface area contributed by atoms with Gasteiger partial charge in [0.25, 0.3) is 5.91 Å². The molecule has 0 fully saturated rings. The van der Waals surface area contributed by atoms with Crippen LogP contribution in [0.2, 0.25) is 0 Å². The van der Waals surface area contributed by atoms with Gasteiger partial charge in [-0.15, -0.1) is 0 Å². The van der Waals surface area contributed by atoms with E-state index >= 15 is 0 Å². The van der Waals surface area contributed by atoms with E-state index in [1.54, 1.807) is 12.4 Å². The number of rotatable bonds is 4. The van der Waals surface area contributed by atoms with Gasteiger partial charge in [0.1, 0.15) is 0 Å². The third-order valence-corrected chi connectivity index (χ3v) is 3.24. The molecule has 21 heavy (non-hydrogen) atoms. The van der Waals surface area contributed by atoms with Crippen LogP contribution in [0.15, 0.2) is 30.9 Å². The number of hydrogen-bond acceptors (Lipinski definition) is 4. The standard InChI is InChI=1S/C14H16N6O/c1-3-10(18-13(21)12-16-7-9(2)17-12)11-8-20-6-4-5-15-14(20)19-11/h4-8,10H,3H2,1-2H3,(H,16,17)(H,18,21)/t10-/m0/s1. The minimum Gasteiger partial charge on any atom is -0.341 e. The predicted octanol–water partition coefficient (Wildman–Crippen LogP) is 1.64. The molecule has 0 bridgehead atoms. The Morgan fingerprint density at radius 2 is 2.33 bits per heavy atom. The lowest BCUT2D eigenvalue weighted by Crippen LogP contribution is -2.29. The van der Waals surface area contributed by atoms with Crippen LogP contribution in [0, 0.1) is 6.92 Å². The highest BCUT2D eigenvalue weighted by molar-refractivity contribution is 5.90. The normalized spacial score (nSPS) is 12.5. The topological polar surface area (TPSA) is 88.0 Å². The van der Waals surface area contributed by atoms with E-state index in [0.29, 0.717) is 11.6 Å². The van der Waals surface area contributed by atoms with Crippen molar-refractivity contribution in [3.63, 3.8) is 0 Å². The second kappa shape index (κ2) is 5.35. The lowest BCUT2D eigenvalue weighted by Gasteiger charge is -2.13. The zero-order valence-electron chi connectivity index (χ0n) is 11.9. The Balaban J connectivity index is 1.83. The number of hydrogen-bond donors (Lipinski definition) is 2. The van der Waals surface area contributed by atoms with Crippen molar-refractivity contribution in [1.82, 2.24) is 29.7 Å². The lowest BCUT2D eigenvalue weighted by molar-refractivity contribution is 0.0925. The van der Waals surface area contributed by atoms with E-state index in [4.69, 9.17) is 0 Å². The summed E-state index contributed by atoms with van der Waals surface area (Å²) in [6.45, 7) is 3.85. The van der Waals surface area contributed by atoms with Gasteiger partial charge in [-0.3, -0.25) is 9.20 Å². The maximum atomic E-state index is 12.2. The number of carbonyl (C=O) groups excluding carboxylic acids is 1. The zero-order chi connectivity index (χ0) is 14.8. The summed E-state index contributed by atoms with van der Waals surface area (Å²) < 4.78 is 1.83. The van der Waals surface area contributed by atoms with Crippen molar-refractivity contribution >= 4 is 11.7 Å². The van der Waals surface area contributed by atoms with E-state index in [-0.39, 0.29) is 11.9 Å². The molecule has 0 unspecified atom stereocenters. The van der Waals surface area contributed by atoms with E-state index in [1.165, 1.54) is 0 Å². The molecule has 0 saturated carbocycles. The highest BCUT2D eigenvalue weighted by atomic mass is 16.2. The van der Waals surface area contributed by atoms with Crippen LogP contribution in [0.1, 0.15) is 41.4 Å². The van der Waals surface area contributed by atoms with Crippen LogP contribution in [-0.2, 0) is 0 Å². The number of fused-ring (bicyclic) bond motifs is 1. The summed E-state index contributed by atoms with van der Waals surface area (Å²) in [6.07, 6.45) is 7.81. The van der Waals surface area contributed by atoms with Gasteiger partial charge in [-0.1, -0.05) is 6.92 Å². The molecule has 1 atom stereocenters. The van der Waals surface area contributed by atoms with Gasteiger partial charge in [0.2, 0.25) is 5.78 Å². The molecule has 3 rings (SSSR count). The maximum absolute atomic E-state index is 12.2. The first-order chi connectivity index (χ1) is 10.2. The van der Waals surface area contributed by atoms with Crippen molar-refractivity contribution in [3.05, 3.63) is 48.1 Å². The quantitative estimate of drug-likeness (QED) is 0.762. The molecule has 0 aliphatic heterocycles.